The second-order valence-corrected chi connectivity index (χ2v) is 9.07. The molecule has 0 aliphatic carbocycles. The summed E-state index contributed by atoms with van der Waals surface area (Å²) < 4.78 is 11.0. The number of hydrogen-bond donors (Lipinski definition) is 1. The molecule has 3 aromatic rings. The molecule has 8 nitrogen and oxygen atoms in total. The monoisotopic (exact) mass is 485 g/mol. The van der Waals surface area contributed by atoms with Crippen LogP contribution in [0.4, 0.5) is 5.69 Å². The van der Waals surface area contributed by atoms with E-state index < -0.39 is 23.9 Å². The van der Waals surface area contributed by atoms with E-state index >= 15 is 0 Å². The van der Waals surface area contributed by atoms with Gasteiger partial charge in [0, 0.05) is 11.1 Å². The lowest BCUT2D eigenvalue weighted by molar-refractivity contribution is -0.123. The summed E-state index contributed by atoms with van der Waals surface area (Å²) in [7, 11) is 3.08. The van der Waals surface area contributed by atoms with Gasteiger partial charge in [0.2, 0.25) is 5.91 Å². The fraction of sp³-hybridized carbons (Fsp3) is 0.250. The van der Waals surface area contributed by atoms with Gasteiger partial charge in [-0.25, -0.2) is 10.3 Å². The van der Waals surface area contributed by atoms with Gasteiger partial charge in [0.05, 0.1) is 31.9 Å². The standard InChI is InChI=1S/C28H27N3O5/c1-16-5-9-18(10-6-16)26(32)31-25-23(24(29-31)21-15-20(35-3)13-14-22(21)36-4)27(33)30(28(25)34)19-11-7-17(2)8-12-19/h5-15,23-25,29H,1-4H3/t23-,24-,25-/m0/s1. The normalized spacial score (nSPS) is 21.1. The van der Waals surface area contributed by atoms with Crippen LogP contribution in [-0.4, -0.2) is 43.0 Å². The number of ether oxygens (including phenoxy) is 2. The first-order valence-corrected chi connectivity index (χ1v) is 11.7. The van der Waals surface area contributed by atoms with Gasteiger partial charge in [-0.3, -0.25) is 19.4 Å². The number of rotatable bonds is 5. The number of fused-ring (bicyclic) bond motifs is 1. The number of methoxy groups -OCH3 is 2. The fourth-order valence-electron chi connectivity index (χ4n) is 4.90. The van der Waals surface area contributed by atoms with Gasteiger partial charge >= 0.3 is 0 Å². The lowest BCUT2D eigenvalue weighted by Crippen LogP contribution is -2.48. The Hall–Kier alpha value is -4.17. The van der Waals surface area contributed by atoms with Crippen LogP contribution >= 0.6 is 0 Å². The molecular formula is C28H27N3O5. The fourth-order valence-corrected chi connectivity index (χ4v) is 4.90. The van der Waals surface area contributed by atoms with Crippen LogP contribution in [-0.2, 0) is 9.59 Å². The number of nitrogens with zero attached hydrogens (tertiary/aromatic N) is 2. The molecule has 2 fully saturated rings. The minimum absolute atomic E-state index is 0.379. The number of imide groups is 1. The zero-order valence-electron chi connectivity index (χ0n) is 20.5. The Labute approximate surface area is 209 Å². The van der Waals surface area contributed by atoms with Crippen LogP contribution < -0.4 is 19.8 Å². The second-order valence-electron chi connectivity index (χ2n) is 9.07. The number of anilines is 1. The zero-order chi connectivity index (χ0) is 25.6. The van der Waals surface area contributed by atoms with E-state index in [9.17, 15) is 14.4 Å². The van der Waals surface area contributed by atoms with E-state index in [-0.39, 0.29) is 11.8 Å². The quantitative estimate of drug-likeness (QED) is 0.556. The second kappa shape index (κ2) is 9.13. The van der Waals surface area contributed by atoms with Gasteiger partial charge in [0.1, 0.15) is 17.5 Å². The van der Waals surface area contributed by atoms with Crippen molar-refractivity contribution in [3.63, 3.8) is 0 Å². The summed E-state index contributed by atoms with van der Waals surface area (Å²) in [6.45, 7) is 3.87. The number of carbonyl (C=O) groups is 3. The van der Waals surface area contributed by atoms with Gasteiger partial charge < -0.3 is 9.47 Å². The molecule has 2 heterocycles. The zero-order valence-corrected chi connectivity index (χ0v) is 20.5. The van der Waals surface area contributed by atoms with Crippen molar-refractivity contribution in [2.75, 3.05) is 19.1 Å². The van der Waals surface area contributed by atoms with Crippen molar-refractivity contribution in [3.05, 3.63) is 89.0 Å². The van der Waals surface area contributed by atoms with Crippen LogP contribution in [0, 0.1) is 19.8 Å². The van der Waals surface area contributed by atoms with Gasteiger partial charge in [-0.1, -0.05) is 35.4 Å². The van der Waals surface area contributed by atoms with Crippen LogP contribution in [0.15, 0.2) is 66.7 Å². The van der Waals surface area contributed by atoms with Gasteiger partial charge in [-0.15, -0.1) is 0 Å². The number of aryl methyl sites for hydroxylation is 2. The highest BCUT2D eigenvalue weighted by Crippen LogP contribution is 2.45. The first-order valence-electron chi connectivity index (χ1n) is 11.7. The first-order chi connectivity index (χ1) is 17.3. The maximum Gasteiger partial charge on any atom is 0.268 e. The molecule has 2 aliphatic heterocycles. The van der Waals surface area contributed by atoms with E-state index in [1.54, 1.807) is 49.6 Å². The molecule has 2 aliphatic rings. The molecule has 0 radical (unpaired) electrons. The molecule has 184 valence electrons. The van der Waals surface area contributed by atoms with Gasteiger partial charge in [-0.2, -0.15) is 0 Å². The van der Waals surface area contributed by atoms with E-state index in [0.29, 0.717) is 28.3 Å². The summed E-state index contributed by atoms with van der Waals surface area (Å²) >= 11 is 0. The molecule has 0 aromatic heterocycles. The van der Waals surface area contributed by atoms with E-state index in [4.69, 9.17) is 9.47 Å². The van der Waals surface area contributed by atoms with Crippen LogP contribution in [0.1, 0.15) is 33.1 Å². The third-order valence-electron chi connectivity index (χ3n) is 6.82. The van der Waals surface area contributed by atoms with E-state index in [0.717, 1.165) is 11.1 Å². The van der Waals surface area contributed by atoms with Crippen molar-refractivity contribution in [2.45, 2.75) is 25.9 Å². The van der Waals surface area contributed by atoms with Gasteiger partial charge in [0.15, 0.2) is 0 Å². The molecule has 2 saturated heterocycles. The molecule has 5 rings (SSSR count). The topological polar surface area (TPSA) is 88.2 Å². The highest BCUT2D eigenvalue weighted by Gasteiger charge is 2.60. The average molecular weight is 486 g/mol. The largest absolute Gasteiger partial charge is 0.497 e. The predicted octanol–water partition coefficient (Wildman–Crippen LogP) is 3.58. The van der Waals surface area contributed by atoms with Crippen molar-refractivity contribution in [2.24, 2.45) is 5.92 Å². The average Bonchev–Trinajstić information content (AvgIpc) is 3.40. The SMILES string of the molecule is COc1ccc(OC)c([C@@H]2NN(C(=O)c3ccc(C)cc3)[C@@H]3C(=O)N(c4ccc(C)cc4)C(=O)[C@H]32)c1. The Morgan fingerprint density at radius 2 is 1.47 bits per heavy atom. The predicted molar refractivity (Wildman–Crippen MR) is 134 cm³/mol. The maximum atomic E-state index is 13.8. The van der Waals surface area contributed by atoms with Crippen molar-refractivity contribution < 1.29 is 23.9 Å². The summed E-state index contributed by atoms with van der Waals surface area (Å²) in [4.78, 5) is 42.4. The summed E-state index contributed by atoms with van der Waals surface area (Å²) in [5, 5.41) is 1.30. The molecular weight excluding hydrogens is 458 g/mol. The molecule has 8 heteroatoms. The van der Waals surface area contributed by atoms with Crippen LogP contribution in [0.25, 0.3) is 0 Å². The molecule has 3 amide bonds. The highest BCUT2D eigenvalue weighted by molar-refractivity contribution is 6.25. The smallest absolute Gasteiger partial charge is 0.268 e. The summed E-state index contributed by atoms with van der Waals surface area (Å²) in [5.41, 5.74) is 6.70. The van der Waals surface area contributed by atoms with E-state index in [1.165, 1.54) is 17.0 Å². The highest BCUT2D eigenvalue weighted by atomic mass is 16.5. The molecule has 36 heavy (non-hydrogen) atoms. The minimum Gasteiger partial charge on any atom is -0.497 e. The van der Waals surface area contributed by atoms with Gasteiger partial charge in [-0.05, 0) is 56.3 Å². The van der Waals surface area contributed by atoms with Gasteiger partial charge in [0.25, 0.3) is 11.8 Å². The summed E-state index contributed by atoms with van der Waals surface area (Å²) in [6.07, 6.45) is 0. The van der Waals surface area contributed by atoms with Crippen molar-refractivity contribution in [1.29, 1.82) is 0 Å². The van der Waals surface area contributed by atoms with Crippen LogP contribution in [0.2, 0.25) is 0 Å². The molecule has 1 N–H and O–H groups in total. The first kappa shape index (κ1) is 23.6. The number of carbonyl (C=O) groups excluding carboxylic acids is 3. The van der Waals surface area contributed by atoms with Crippen molar-refractivity contribution >= 4 is 23.4 Å². The van der Waals surface area contributed by atoms with E-state index in [2.05, 4.69) is 5.43 Å². The number of nitrogens with one attached hydrogen (secondary N) is 1. The Morgan fingerprint density at radius 1 is 0.833 bits per heavy atom. The van der Waals surface area contributed by atoms with Crippen molar-refractivity contribution in [1.82, 2.24) is 10.4 Å². The Kier molecular flexibility index (Phi) is 5.97. The van der Waals surface area contributed by atoms with Crippen molar-refractivity contribution in [3.8, 4) is 11.5 Å². The summed E-state index contributed by atoms with van der Waals surface area (Å²) in [5.74, 6) is -0.984. The number of hydrazine groups is 1. The lowest BCUT2D eigenvalue weighted by atomic mass is 9.90. The number of amides is 3. The Morgan fingerprint density at radius 3 is 2.08 bits per heavy atom. The molecule has 0 unspecified atom stereocenters. The number of benzene rings is 3. The Balaban J connectivity index is 1.62. The molecule has 0 saturated carbocycles. The third kappa shape index (κ3) is 3.79. The van der Waals surface area contributed by atoms with Crippen LogP contribution in [0.5, 0.6) is 11.5 Å². The molecule has 3 aromatic carbocycles. The molecule has 0 spiro atoms. The third-order valence-corrected chi connectivity index (χ3v) is 6.82. The summed E-state index contributed by atoms with van der Waals surface area (Å²) in [6, 6.07) is 17.8. The lowest BCUT2D eigenvalue weighted by Gasteiger charge is -2.26. The Bertz CT molecular complexity index is 1340. The molecule has 0 bridgehead atoms. The molecule has 3 atom stereocenters. The van der Waals surface area contributed by atoms with Crippen LogP contribution in [0.3, 0.4) is 0 Å². The minimum atomic E-state index is -1.02. The number of hydrogen-bond acceptors (Lipinski definition) is 6. The van der Waals surface area contributed by atoms with E-state index in [1.807, 2.05) is 38.1 Å². The maximum absolute atomic E-state index is 13.8.